The molecule has 0 spiro atoms. The first kappa shape index (κ1) is 39.6. The van der Waals surface area contributed by atoms with Crippen LogP contribution in [-0.4, -0.2) is 94.8 Å². The molecule has 8 heterocycles. The number of nitro groups is 1. The number of carbonyl (C=O) groups is 2. The molecule has 2 saturated heterocycles. The van der Waals surface area contributed by atoms with Gasteiger partial charge >= 0.3 is 0 Å². The number of pyridine rings is 2. The Balaban J connectivity index is 0.000000182. The lowest BCUT2D eigenvalue weighted by Crippen LogP contribution is -2.30. The fourth-order valence-electron chi connectivity index (χ4n) is 6.52. The van der Waals surface area contributed by atoms with Crippen molar-refractivity contribution < 1.29 is 19.6 Å². The normalized spacial score (nSPS) is 16.0. The molecule has 2 aliphatic rings. The highest BCUT2D eigenvalue weighted by Crippen LogP contribution is 2.30. The van der Waals surface area contributed by atoms with E-state index in [0.29, 0.717) is 43.3 Å². The van der Waals surface area contributed by atoms with Gasteiger partial charge in [0.1, 0.15) is 17.3 Å². The Kier molecular flexibility index (Phi) is 13.5. The van der Waals surface area contributed by atoms with Crippen molar-refractivity contribution in [2.45, 2.75) is 37.5 Å². The number of hydrogen-bond acceptors (Lipinski definition) is 14. The third kappa shape index (κ3) is 9.79. The quantitative estimate of drug-likeness (QED) is 0.139. The molecule has 2 amide bonds. The third-order valence-corrected chi connectivity index (χ3v) is 11.1. The van der Waals surface area contributed by atoms with Gasteiger partial charge in [0.2, 0.25) is 11.8 Å². The summed E-state index contributed by atoms with van der Waals surface area (Å²) in [5.41, 5.74) is 8.81. The van der Waals surface area contributed by atoms with Crippen LogP contribution in [0.2, 0.25) is 0 Å². The number of aliphatic hydroxyl groups is 1. The highest BCUT2D eigenvalue weighted by Gasteiger charge is 2.31. The monoisotopic (exact) mass is 792 g/mol. The molecule has 2 fully saturated rings. The number of nitrogens with two attached hydrogens (primary N) is 1. The molecular formula is C39H40N10O5S2. The Morgan fingerprint density at radius 3 is 1.66 bits per heavy atom. The summed E-state index contributed by atoms with van der Waals surface area (Å²) < 4.78 is 0. The topological polar surface area (TPSA) is 207 Å². The van der Waals surface area contributed by atoms with Crippen LogP contribution in [0.4, 0.5) is 11.4 Å². The summed E-state index contributed by atoms with van der Waals surface area (Å²) >= 11 is 3.12. The number of nitrogen functional groups attached to an aromatic ring is 1. The number of likely N-dealkylation sites (tertiary alicyclic amines) is 2. The van der Waals surface area contributed by atoms with E-state index in [0.717, 1.165) is 47.0 Å². The third-order valence-electron chi connectivity index (χ3n) is 9.32. The van der Waals surface area contributed by atoms with Gasteiger partial charge in [-0.3, -0.25) is 19.7 Å². The van der Waals surface area contributed by atoms with E-state index >= 15 is 0 Å². The predicted molar refractivity (Wildman–Crippen MR) is 214 cm³/mol. The summed E-state index contributed by atoms with van der Waals surface area (Å²) in [5.74, 6) is 1.69. The summed E-state index contributed by atoms with van der Waals surface area (Å²) in [4.78, 5) is 68.2. The molecule has 2 atom stereocenters. The van der Waals surface area contributed by atoms with Crippen LogP contribution in [0, 0.1) is 10.1 Å². The molecule has 3 N–H and O–H groups in total. The van der Waals surface area contributed by atoms with E-state index in [1.165, 1.54) is 17.4 Å². The molecule has 56 heavy (non-hydrogen) atoms. The number of aromatic nitrogens is 6. The van der Waals surface area contributed by atoms with Crippen molar-refractivity contribution >= 4 is 45.9 Å². The van der Waals surface area contributed by atoms with Crippen molar-refractivity contribution in [3.8, 4) is 21.1 Å². The van der Waals surface area contributed by atoms with Crippen molar-refractivity contribution in [2.24, 2.45) is 0 Å². The first-order valence-corrected chi connectivity index (χ1v) is 19.6. The second kappa shape index (κ2) is 19.0. The Morgan fingerprint density at radius 1 is 0.732 bits per heavy atom. The van der Waals surface area contributed by atoms with Gasteiger partial charge in [-0.25, -0.2) is 29.9 Å². The summed E-state index contributed by atoms with van der Waals surface area (Å²) in [5, 5.41) is 22.3. The zero-order chi connectivity index (χ0) is 39.4. The van der Waals surface area contributed by atoms with Crippen molar-refractivity contribution in [2.75, 3.05) is 39.0 Å². The SMILES string of the molecule is CO.Nc1ccc(-c2cccs2)nc1CC(=O)N1CCC(c2ncccn2)C1.O=C(Cc1nc(-c2cccs2)ccc1[N+](=O)[O-])N1CCC(c2ncccn2)C1. The van der Waals surface area contributed by atoms with Crippen LogP contribution in [-0.2, 0) is 22.4 Å². The number of thiophene rings is 2. The van der Waals surface area contributed by atoms with Crippen molar-refractivity contribution in [1.82, 2.24) is 39.7 Å². The predicted octanol–water partition coefficient (Wildman–Crippen LogP) is 5.42. The van der Waals surface area contributed by atoms with E-state index in [4.69, 9.17) is 10.8 Å². The second-order valence-corrected chi connectivity index (χ2v) is 14.7. The van der Waals surface area contributed by atoms with Gasteiger partial charge in [-0.1, -0.05) is 12.1 Å². The molecule has 0 aliphatic carbocycles. The van der Waals surface area contributed by atoms with E-state index in [2.05, 4.69) is 29.9 Å². The smallest absolute Gasteiger partial charge is 0.291 e. The van der Waals surface area contributed by atoms with E-state index in [9.17, 15) is 19.7 Å². The maximum Gasteiger partial charge on any atom is 0.291 e. The average molecular weight is 793 g/mol. The molecule has 6 aromatic rings. The Hall–Kier alpha value is -6.04. The van der Waals surface area contributed by atoms with Gasteiger partial charge in [-0.05, 0) is 66.1 Å². The maximum absolute atomic E-state index is 12.8. The fraction of sp³-hybridized carbons (Fsp3) is 0.282. The first-order valence-electron chi connectivity index (χ1n) is 17.8. The number of carbonyl (C=O) groups excluding carboxylic acids is 2. The molecule has 17 heteroatoms. The van der Waals surface area contributed by atoms with Crippen LogP contribution in [0.1, 0.15) is 47.7 Å². The lowest BCUT2D eigenvalue weighted by Gasteiger charge is -2.17. The fourth-order valence-corrected chi connectivity index (χ4v) is 7.91. The zero-order valence-corrected chi connectivity index (χ0v) is 32.2. The van der Waals surface area contributed by atoms with Gasteiger partial charge in [0.25, 0.3) is 5.69 Å². The Bertz CT molecular complexity index is 2210. The number of nitrogens with zero attached hydrogens (tertiary/aromatic N) is 9. The molecule has 2 unspecified atom stereocenters. The highest BCUT2D eigenvalue weighted by atomic mass is 32.1. The van der Waals surface area contributed by atoms with Crippen molar-refractivity contribution in [1.29, 1.82) is 0 Å². The Morgan fingerprint density at radius 2 is 1.20 bits per heavy atom. The van der Waals surface area contributed by atoms with Crippen molar-refractivity contribution in [3.63, 3.8) is 0 Å². The van der Waals surface area contributed by atoms with Crippen molar-refractivity contribution in [3.05, 3.63) is 129 Å². The first-order chi connectivity index (χ1) is 27.3. The minimum atomic E-state index is -0.488. The van der Waals surface area contributed by atoms with E-state index in [1.54, 1.807) is 59.2 Å². The van der Waals surface area contributed by atoms with Crippen LogP contribution in [0.5, 0.6) is 0 Å². The summed E-state index contributed by atoms with van der Waals surface area (Å²) in [7, 11) is 1.00. The maximum atomic E-state index is 12.8. The lowest BCUT2D eigenvalue weighted by atomic mass is 10.1. The van der Waals surface area contributed by atoms with Gasteiger partial charge in [0, 0.05) is 76.0 Å². The van der Waals surface area contributed by atoms with Crippen LogP contribution in [0.25, 0.3) is 21.1 Å². The van der Waals surface area contributed by atoms with E-state index < -0.39 is 4.92 Å². The molecule has 6 aromatic heterocycles. The summed E-state index contributed by atoms with van der Waals surface area (Å²) in [6.07, 6.45) is 8.65. The van der Waals surface area contributed by atoms with Crippen LogP contribution in [0.3, 0.4) is 0 Å². The summed E-state index contributed by atoms with van der Waals surface area (Å²) in [6, 6.07) is 18.1. The lowest BCUT2D eigenvalue weighted by molar-refractivity contribution is -0.385. The number of hydrogen-bond donors (Lipinski definition) is 2. The molecule has 15 nitrogen and oxygen atoms in total. The number of amides is 2. The number of aliphatic hydroxyl groups excluding tert-OH is 1. The van der Waals surface area contributed by atoms with Crippen LogP contribution < -0.4 is 5.73 Å². The van der Waals surface area contributed by atoms with Gasteiger partial charge in [-0.2, -0.15) is 0 Å². The largest absolute Gasteiger partial charge is 0.400 e. The minimum Gasteiger partial charge on any atom is -0.400 e. The number of anilines is 1. The van der Waals surface area contributed by atoms with Gasteiger partial charge in [0.05, 0.1) is 50.3 Å². The molecule has 0 radical (unpaired) electrons. The van der Waals surface area contributed by atoms with E-state index in [1.807, 2.05) is 52.1 Å². The van der Waals surface area contributed by atoms with E-state index in [-0.39, 0.29) is 47.9 Å². The van der Waals surface area contributed by atoms with Crippen LogP contribution >= 0.6 is 22.7 Å². The summed E-state index contributed by atoms with van der Waals surface area (Å²) in [6.45, 7) is 2.46. The molecular weight excluding hydrogens is 753 g/mol. The van der Waals surface area contributed by atoms with Crippen LogP contribution in [0.15, 0.2) is 96.2 Å². The minimum absolute atomic E-state index is 0.0472. The van der Waals surface area contributed by atoms with Gasteiger partial charge in [-0.15, -0.1) is 22.7 Å². The molecule has 288 valence electrons. The molecule has 8 rings (SSSR count). The number of rotatable bonds is 9. The highest BCUT2D eigenvalue weighted by molar-refractivity contribution is 7.13. The molecule has 2 aliphatic heterocycles. The Labute approximate surface area is 331 Å². The van der Waals surface area contributed by atoms with Gasteiger partial charge < -0.3 is 20.6 Å². The average Bonchev–Trinajstić information content (AvgIpc) is 4.08. The zero-order valence-electron chi connectivity index (χ0n) is 30.5. The molecule has 0 bridgehead atoms. The molecule has 0 saturated carbocycles. The second-order valence-electron chi connectivity index (χ2n) is 12.8. The molecule has 0 aromatic carbocycles. The van der Waals surface area contributed by atoms with Gasteiger partial charge in [0.15, 0.2) is 0 Å². The standard InChI is InChI=1S/C19H17N5O3S.C19H19N5OS.CH4O/c25-18(23-9-6-13(12-23)19-20-7-2-8-21-19)11-15-16(24(26)27)5-4-14(22-15)17-3-1-10-28-17;20-14-4-5-15(17-3-1-10-26-17)23-16(14)11-18(25)24-9-6-13(12-24)19-21-7-2-8-22-19;1-2/h1-5,7-8,10,13H,6,9,11-12H2;1-5,7-8,10,13H,6,9,11-12,20H2;2H,1H3.